The van der Waals surface area contributed by atoms with Gasteiger partial charge in [-0.25, -0.2) is 13.4 Å². The number of carbonyl (C=O) groups is 1. The predicted octanol–water partition coefficient (Wildman–Crippen LogP) is 2.38. The number of aryl methyl sites for hydroxylation is 1. The average Bonchev–Trinajstić information content (AvgIpc) is 3.36. The zero-order valence-corrected chi connectivity index (χ0v) is 19.2. The van der Waals surface area contributed by atoms with E-state index in [1.54, 1.807) is 17.4 Å². The zero-order chi connectivity index (χ0) is 21.8. The topological polar surface area (TPSA) is 79.8 Å². The molecule has 2 saturated heterocycles. The third kappa shape index (κ3) is 5.93. The molecule has 1 atom stereocenters. The van der Waals surface area contributed by atoms with Crippen LogP contribution in [0.25, 0.3) is 6.08 Å². The van der Waals surface area contributed by atoms with Gasteiger partial charge in [0.05, 0.1) is 22.2 Å². The zero-order valence-electron chi connectivity index (χ0n) is 17.6. The fourth-order valence-electron chi connectivity index (χ4n) is 3.95. The van der Waals surface area contributed by atoms with Gasteiger partial charge in [0.15, 0.2) is 9.84 Å². The normalized spacial score (nSPS) is 21.6. The summed E-state index contributed by atoms with van der Waals surface area (Å²) in [4.78, 5) is 20.9. The number of amides is 1. The highest BCUT2D eigenvalue weighted by molar-refractivity contribution is 7.91. The highest BCUT2D eigenvalue weighted by atomic mass is 32.2. The van der Waals surface area contributed by atoms with Crippen molar-refractivity contribution in [1.82, 2.24) is 14.8 Å². The van der Waals surface area contributed by atoms with Crippen molar-refractivity contribution in [2.24, 2.45) is 0 Å². The molecule has 0 bridgehead atoms. The fourth-order valence-corrected chi connectivity index (χ4v) is 6.31. The largest absolute Gasteiger partial charge is 0.487 e. The van der Waals surface area contributed by atoms with E-state index in [4.69, 9.17) is 4.74 Å². The van der Waals surface area contributed by atoms with Gasteiger partial charge in [0.2, 0.25) is 5.91 Å². The maximum atomic E-state index is 12.5. The fraction of sp³-hybridized carbons (Fsp3) is 0.455. The second-order valence-electron chi connectivity index (χ2n) is 7.97. The molecular formula is C22H27N3O4S2. The van der Waals surface area contributed by atoms with Crippen LogP contribution in [0.5, 0.6) is 5.75 Å². The minimum absolute atomic E-state index is 0.0158. The molecule has 2 aromatic rings. The molecule has 2 aliphatic rings. The molecule has 3 heterocycles. The Bertz CT molecular complexity index is 1040. The van der Waals surface area contributed by atoms with E-state index in [0.29, 0.717) is 26.1 Å². The van der Waals surface area contributed by atoms with Crippen LogP contribution < -0.4 is 4.74 Å². The van der Waals surface area contributed by atoms with Crippen molar-refractivity contribution in [1.29, 1.82) is 0 Å². The van der Waals surface area contributed by atoms with Crippen LogP contribution in [0, 0.1) is 6.92 Å². The Labute approximate surface area is 187 Å². The number of ether oxygens (including phenoxy) is 1. The molecule has 31 heavy (non-hydrogen) atoms. The average molecular weight is 462 g/mol. The van der Waals surface area contributed by atoms with E-state index in [9.17, 15) is 13.2 Å². The molecule has 2 aliphatic heterocycles. The van der Waals surface area contributed by atoms with Crippen molar-refractivity contribution < 1.29 is 17.9 Å². The van der Waals surface area contributed by atoms with Crippen LogP contribution in [-0.2, 0) is 21.2 Å². The van der Waals surface area contributed by atoms with Crippen LogP contribution in [0.2, 0.25) is 0 Å². The monoisotopic (exact) mass is 461 g/mol. The molecule has 0 saturated carbocycles. The highest BCUT2D eigenvalue weighted by Crippen LogP contribution is 2.20. The number of hydrogen-bond donors (Lipinski definition) is 0. The summed E-state index contributed by atoms with van der Waals surface area (Å²) in [5.41, 5.74) is 1.85. The van der Waals surface area contributed by atoms with Gasteiger partial charge in [0.1, 0.15) is 12.4 Å². The number of hydrogen-bond acceptors (Lipinski definition) is 7. The molecule has 1 unspecified atom stereocenters. The molecule has 4 rings (SSSR count). The van der Waals surface area contributed by atoms with E-state index in [-0.39, 0.29) is 23.5 Å². The van der Waals surface area contributed by atoms with E-state index in [1.807, 2.05) is 47.5 Å². The molecular weight excluding hydrogens is 434 g/mol. The first-order chi connectivity index (χ1) is 14.9. The van der Waals surface area contributed by atoms with Gasteiger partial charge in [-0.2, -0.15) is 0 Å². The SMILES string of the molecule is Cc1nc(COc2ccc(/C=C/C(=O)N3CCN(C4CCS(=O)(=O)C4)CC3)cc2)cs1. The van der Waals surface area contributed by atoms with Gasteiger partial charge in [0, 0.05) is 43.7 Å². The van der Waals surface area contributed by atoms with Gasteiger partial charge in [-0.1, -0.05) is 12.1 Å². The molecule has 7 nitrogen and oxygen atoms in total. The number of aromatic nitrogens is 1. The molecule has 2 fully saturated rings. The third-order valence-electron chi connectivity index (χ3n) is 5.70. The smallest absolute Gasteiger partial charge is 0.246 e. The Balaban J connectivity index is 1.23. The van der Waals surface area contributed by atoms with Crippen molar-refractivity contribution in [3.05, 3.63) is 52.0 Å². The summed E-state index contributed by atoms with van der Waals surface area (Å²) in [6.45, 7) is 5.12. The predicted molar refractivity (Wildman–Crippen MR) is 122 cm³/mol. The molecule has 0 N–H and O–H groups in total. The lowest BCUT2D eigenvalue weighted by Gasteiger charge is -2.37. The van der Waals surface area contributed by atoms with Crippen molar-refractivity contribution in [2.45, 2.75) is 26.0 Å². The summed E-state index contributed by atoms with van der Waals surface area (Å²) in [5, 5.41) is 3.02. The molecule has 0 aliphatic carbocycles. The van der Waals surface area contributed by atoms with Crippen LogP contribution in [0.1, 0.15) is 22.7 Å². The lowest BCUT2D eigenvalue weighted by atomic mass is 10.1. The van der Waals surface area contributed by atoms with Gasteiger partial charge in [-0.05, 0) is 37.1 Å². The number of benzene rings is 1. The number of thiazole rings is 1. The first kappa shape index (κ1) is 22.0. The van der Waals surface area contributed by atoms with Crippen molar-refractivity contribution in [3.8, 4) is 5.75 Å². The summed E-state index contributed by atoms with van der Waals surface area (Å²) >= 11 is 1.61. The minimum atomic E-state index is -2.88. The van der Waals surface area contributed by atoms with E-state index < -0.39 is 9.84 Å². The number of piperazine rings is 1. The second-order valence-corrected chi connectivity index (χ2v) is 11.3. The van der Waals surface area contributed by atoms with Crippen molar-refractivity contribution in [2.75, 3.05) is 37.7 Å². The lowest BCUT2D eigenvalue weighted by molar-refractivity contribution is -0.127. The number of carbonyl (C=O) groups excluding carboxylic acids is 1. The quantitative estimate of drug-likeness (QED) is 0.615. The minimum Gasteiger partial charge on any atom is -0.487 e. The summed E-state index contributed by atoms with van der Waals surface area (Å²) in [5.74, 6) is 1.29. The van der Waals surface area contributed by atoms with Crippen LogP contribution in [0.15, 0.2) is 35.7 Å². The first-order valence-corrected chi connectivity index (χ1v) is 13.1. The van der Waals surface area contributed by atoms with Gasteiger partial charge in [-0.3, -0.25) is 9.69 Å². The second kappa shape index (κ2) is 9.50. The molecule has 166 valence electrons. The molecule has 9 heteroatoms. The summed E-state index contributed by atoms with van der Waals surface area (Å²) in [7, 11) is -2.88. The van der Waals surface area contributed by atoms with Gasteiger partial charge < -0.3 is 9.64 Å². The Kier molecular flexibility index (Phi) is 6.74. The standard InChI is InChI=1S/C22H27N3O4S2/c1-17-23-19(15-30-17)14-29-21-5-2-18(3-6-21)4-7-22(26)25-11-9-24(10-12-25)20-8-13-31(27,28)16-20/h2-7,15,20H,8-14,16H2,1H3/b7-4+. The first-order valence-electron chi connectivity index (χ1n) is 10.4. The van der Waals surface area contributed by atoms with Crippen molar-refractivity contribution >= 4 is 33.2 Å². The van der Waals surface area contributed by atoms with Crippen molar-refractivity contribution in [3.63, 3.8) is 0 Å². The molecule has 0 radical (unpaired) electrons. The van der Waals surface area contributed by atoms with E-state index >= 15 is 0 Å². The maximum Gasteiger partial charge on any atom is 0.246 e. The molecule has 1 aromatic carbocycles. The Hall–Kier alpha value is -2.23. The van der Waals surface area contributed by atoms with E-state index in [0.717, 1.165) is 35.1 Å². The van der Waals surface area contributed by atoms with Gasteiger partial charge >= 0.3 is 0 Å². The lowest BCUT2D eigenvalue weighted by Crippen LogP contribution is -2.52. The summed E-state index contributed by atoms with van der Waals surface area (Å²) < 4.78 is 29.1. The number of nitrogens with zero attached hydrogens (tertiary/aromatic N) is 3. The van der Waals surface area contributed by atoms with Crippen LogP contribution >= 0.6 is 11.3 Å². The number of sulfone groups is 1. The third-order valence-corrected chi connectivity index (χ3v) is 8.28. The molecule has 1 aromatic heterocycles. The van der Waals surface area contributed by atoms with E-state index in [2.05, 4.69) is 9.88 Å². The van der Waals surface area contributed by atoms with Crippen LogP contribution in [0.3, 0.4) is 0 Å². The molecule has 0 spiro atoms. The Morgan fingerprint density at radius 2 is 1.97 bits per heavy atom. The summed E-state index contributed by atoms with van der Waals surface area (Å²) in [6.07, 6.45) is 4.12. The van der Waals surface area contributed by atoms with Gasteiger partial charge in [-0.15, -0.1) is 11.3 Å². The molecule has 1 amide bonds. The highest BCUT2D eigenvalue weighted by Gasteiger charge is 2.34. The van der Waals surface area contributed by atoms with Crippen LogP contribution in [-0.4, -0.2) is 72.8 Å². The maximum absolute atomic E-state index is 12.5. The summed E-state index contributed by atoms with van der Waals surface area (Å²) in [6, 6.07) is 7.72. The number of rotatable bonds is 6. The van der Waals surface area contributed by atoms with E-state index in [1.165, 1.54) is 0 Å². The van der Waals surface area contributed by atoms with Gasteiger partial charge in [0.25, 0.3) is 0 Å². The van der Waals surface area contributed by atoms with Crippen LogP contribution in [0.4, 0.5) is 0 Å². The Morgan fingerprint density at radius 1 is 1.23 bits per heavy atom. The Morgan fingerprint density at radius 3 is 2.58 bits per heavy atom.